The molecule has 0 radical (unpaired) electrons. The summed E-state index contributed by atoms with van der Waals surface area (Å²) < 4.78 is 0. The molecule has 0 aliphatic heterocycles. The number of aromatic carboxylic acids is 1. The zero-order valence-electron chi connectivity index (χ0n) is 9.98. The molecular formula is C15H12O3S. The standard InChI is InChI=1S/C8H6O3.C7H6S/c9-5-6-1-3-7(4-2-6)8(10)11;8-7-5-2-1-3-6(7)4-5/h1-5H,(H,10,11);1-4,7-8H. The highest BCUT2D eigenvalue weighted by atomic mass is 32.1. The van der Waals surface area contributed by atoms with Crippen molar-refractivity contribution in [1.82, 2.24) is 0 Å². The molecule has 0 unspecified atom stereocenters. The van der Waals surface area contributed by atoms with Gasteiger partial charge in [-0.3, -0.25) is 4.79 Å². The van der Waals surface area contributed by atoms with Gasteiger partial charge in [-0.1, -0.05) is 36.4 Å². The molecule has 0 fully saturated rings. The molecule has 0 heterocycles. The summed E-state index contributed by atoms with van der Waals surface area (Å²) >= 11 is 4.32. The molecule has 3 nitrogen and oxygen atoms in total. The molecule has 96 valence electrons. The second-order valence-corrected chi connectivity index (χ2v) is 4.63. The number of carboxylic acids is 1. The van der Waals surface area contributed by atoms with Gasteiger partial charge < -0.3 is 5.11 Å². The fraction of sp³-hybridized carbons (Fsp3) is 0.0667. The molecule has 2 aliphatic rings. The third-order valence-electron chi connectivity index (χ3n) is 2.84. The van der Waals surface area contributed by atoms with Crippen LogP contribution in [0.25, 0.3) is 0 Å². The predicted octanol–water partition coefficient (Wildman–Crippen LogP) is 3.22. The molecule has 0 saturated heterocycles. The van der Waals surface area contributed by atoms with Crippen LogP contribution >= 0.6 is 12.6 Å². The highest BCUT2D eigenvalue weighted by molar-refractivity contribution is 7.80. The zero-order chi connectivity index (χ0) is 13.8. The summed E-state index contributed by atoms with van der Waals surface area (Å²) in [4.78, 5) is 20.5. The molecule has 2 aliphatic carbocycles. The maximum Gasteiger partial charge on any atom is 0.335 e. The first-order valence-electron chi connectivity index (χ1n) is 5.68. The van der Waals surface area contributed by atoms with Crippen LogP contribution in [0, 0.1) is 0 Å². The first-order chi connectivity index (χ1) is 9.11. The smallest absolute Gasteiger partial charge is 0.335 e. The van der Waals surface area contributed by atoms with Crippen molar-refractivity contribution < 1.29 is 14.7 Å². The molecule has 0 saturated carbocycles. The molecule has 19 heavy (non-hydrogen) atoms. The van der Waals surface area contributed by atoms with Crippen LogP contribution < -0.4 is 0 Å². The number of hydrogen-bond acceptors (Lipinski definition) is 3. The first-order valence-corrected chi connectivity index (χ1v) is 6.20. The van der Waals surface area contributed by atoms with E-state index in [1.807, 2.05) is 0 Å². The lowest BCUT2D eigenvalue weighted by atomic mass is 9.93. The van der Waals surface area contributed by atoms with E-state index in [1.165, 1.54) is 35.4 Å². The van der Waals surface area contributed by atoms with Gasteiger partial charge in [0.15, 0.2) is 0 Å². The van der Waals surface area contributed by atoms with E-state index in [9.17, 15) is 9.59 Å². The third kappa shape index (κ3) is 3.03. The Kier molecular flexibility index (Phi) is 4.02. The van der Waals surface area contributed by atoms with E-state index >= 15 is 0 Å². The van der Waals surface area contributed by atoms with Crippen molar-refractivity contribution in [3.63, 3.8) is 0 Å². The largest absolute Gasteiger partial charge is 0.478 e. The van der Waals surface area contributed by atoms with E-state index in [2.05, 4.69) is 36.9 Å². The zero-order valence-corrected chi connectivity index (χ0v) is 10.9. The number of carbonyl (C=O) groups excluding carboxylic acids is 1. The lowest BCUT2D eigenvalue weighted by Gasteiger charge is -2.21. The van der Waals surface area contributed by atoms with Gasteiger partial charge in [-0.2, -0.15) is 12.6 Å². The van der Waals surface area contributed by atoms with Crippen LogP contribution in [0.2, 0.25) is 0 Å². The Morgan fingerprint density at radius 3 is 2.00 bits per heavy atom. The lowest BCUT2D eigenvalue weighted by molar-refractivity contribution is 0.0696. The predicted molar refractivity (Wildman–Crippen MR) is 76.1 cm³/mol. The Morgan fingerprint density at radius 2 is 1.68 bits per heavy atom. The fourth-order valence-corrected chi connectivity index (χ4v) is 2.02. The van der Waals surface area contributed by atoms with Gasteiger partial charge in [0, 0.05) is 5.56 Å². The van der Waals surface area contributed by atoms with Crippen LogP contribution in [0.1, 0.15) is 37.1 Å². The molecule has 0 spiro atoms. The fourth-order valence-electron chi connectivity index (χ4n) is 1.70. The van der Waals surface area contributed by atoms with E-state index in [0.29, 0.717) is 17.1 Å². The van der Waals surface area contributed by atoms with Gasteiger partial charge in [0.05, 0.1) is 10.8 Å². The van der Waals surface area contributed by atoms with E-state index in [4.69, 9.17) is 5.11 Å². The van der Waals surface area contributed by atoms with Crippen LogP contribution in [0.3, 0.4) is 0 Å². The summed E-state index contributed by atoms with van der Waals surface area (Å²) in [7, 11) is 0. The van der Waals surface area contributed by atoms with Crippen LogP contribution in [0.15, 0.2) is 48.5 Å². The number of rotatable bonds is 2. The Labute approximate surface area is 116 Å². The van der Waals surface area contributed by atoms with Gasteiger partial charge in [-0.05, 0) is 23.3 Å². The van der Waals surface area contributed by atoms with Crippen molar-refractivity contribution >= 4 is 24.9 Å². The molecule has 0 atom stereocenters. The Hall–Kier alpha value is -2.07. The maximum absolute atomic E-state index is 10.3. The summed E-state index contributed by atoms with van der Waals surface area (Å²) in [6.07, 6.45) is 0.672. The van der Waals surface area contributed by atoms with Gasteiger partial charge >= 0.3 is 5.97 Å². The molecule has 2 bridgehead atoms. The lowest BCUT2D eigenvalue weighted by Crippen LogP contribution is -2.03. The summed E-state index contributed by atoms with van der Waals surface area (Å²) in [5, 5.41) is 8.89. The number of benzene rings is 2. The minimum absolute atomic E-state index is 0.190. The molecule has 1 N–H and O–H groups in total. The highest BCUT2D eigenvalue weighted by Gasteiger charge is 2.17. The number of carboxylic acid groups (broad SMARTS) is 1. The van der Waals surface area contributed by atoms with Crippen molar-refractivity contribution in [2.45, 2.75) is 5.25 Å². The second kappa shape index (κ2) is 5.71. The summed E-state index contributed by atoms with van der Waals surface area (Å²) in [6, 6.07) is 14.2. The first kappa shape index (κ1) is 13.4. The van der Waals surface area contributed by atoms with Gasteiger partial charge in [0.25, 0.3) is 0 Å². The number of carbonyl (C=O) groups is 2. The van der Waals surface area contributed by atoms with Crippen molar-refractivity contribution in [2.75, 3.05) is 0 Å². The van der Waals surface area contributed by atoms with Gasteiger partial charge in [-0.25, -0.2) is 4.79 Å². The topological polar surface area (TPSA) is 54.4 Å². The quantitative estimate of drug-likeness (QED) is 0.652. The van der Waals surface area contributed by atoms with E-state index in [1.54, 1.807) is 0 Å². The van der Waals surface area contributed by atoms with Gasteiger partial charge in [-0.15, -0.1) is 0 Å². The average molecular weight is 272 g/mol. The Bertz CT molecular complexity index is 578. The van der Waals surface area contributed by atoms with Crippen molar-refractivity contribution in [3.05, 3.63) is 70.8 Å². The van der Waals surface area contributed by atoms with Crippen LogP contribution in [0.4, 0.5) is 0 Å². The van der Waals surface area contributed by atoms with Crippen molar-refractivity contribution in [2.24, 2.45) is 0 Å². The monoisotopic (exact) mass is 272 g/mol. The average Bonchev–Trinajstić information content (AvgIpc) is 2.48. The SMILES string of the molecule is O=Cc1ccc(C(=O)O)cc1.SC1c2cccc1c2. The molecular weight excluding hydrogens is 260 g/mol. The number of aldehydes is 1. The number of fused-ring (bicyclic) bond motifs is 2. The molecule has 2 aromatic rings. The highest BCUT2D eigenvalue weighted by Crippen LogP contribution is 2.37. The molecule has 0 amide bonds. The van der Waals surface area contributed by atoms with Gasteiger partial charge in [0.2, 0.25) is 0 Å². The minimum Gasteiger partial charge on any atom is -0.478 e. The van der Waals surface area contributed by atoms with Crippen molar-refractivity contribution in [3.8, 4) is 0 Å². The minimum atomic E-state index is -0.984. The summed E-state index contributed by atoms with van der Waals surface area (Å²) in [6.45, 7) is 0. The second-order valence-electron chi connectivity index (χ2n) is 4.12. The normalized spacial score (nSPS) is 11.8. The summed E-state index contributed by atoms with van der Waals surface area (Å²) in [5.74, 6) is -0.984. The molecule has 0 aromatic heterocycles. The number of hydrogen-bond donors (Lipinski definition) is 2. The number of thiol groups is 1. The van der Waals surface area contributed by atoms with E-state index in [0.717, 1.165) is 0 Å². The Balaban J connectivity index is 0.000000146. The van der Waals surface area contributed by atoms with Crippen LogP contribution in [0.5, 0.6) is 0 Å². The molecule has 2 aromatic carbocycles. The van der Waals surface area contributed by atoms with Crippen molar-refractivity contribution in [1.29, 1.82) is 0 Å². The molecule has 4 heteroatoms. The Morgan fingerprint density at radius 1 is 1.11 bits per heavy atom. The van der Waals surface area contributed by atoms with Crippen LogP contribution in [-0.4, -0.2) is 17.4 Å². The van der Waals surface area contributed by atoms with Gasteiger partial charge in [0.1, 0.15) is 6.29 Å². The van der Waals surface area contributed by atoms with Crippen LogP contribution in [-0.2, 0) is 0 Å². The maximum atomic E-state index is 10.3. The third-order valence-corrected chi connectivity index (χ3v) is 3.43. The van der Waals surface area contributed by atoms with E-state index in [-0.39, 0.29) is 5.56 Å². The summed E-state index contributed by atoms with van der Waals surface area (Å²) in [5.41, 5.74) is 3.38. The van der Waals surface area contributed by atoms with E-state index < -0.39 is 5.97 Å². The molecule has 4 rings (SSSR count).